The minimum Gasteiger partial charge on any atom is -0.493 e. The molecule has 2 amide bonds. The maximum absolute atomic E-state index is 12.2. The molecule has 0 bridgehead atoms. The Morgan fingerprint density at radius 1 is 1.00 bits per heavy atom. The molecule has 128 valence electrons. The lowest BCUT2D eigenvalue weighted by atomic mass is 10.1. The van der Waals surface area contributed by atoms with Gasteiger partial charge in [0.25, 0.3) is 11.8 Å². The Morgan fingerprint density at radius 2 is 1.68 bits per heavy atom. The summed E-state index contributed by atoms with van der Waals surface area (Å²) in [6.45, 7) is 0.766. The molecule has 0 saturated carbocycles. The van der Waals surface area contributed by atoms with Gasteiger partial charge in [-0.1, -0.05) is 28.1 Å². The monoisotopic (exact) mass is 401 g/mol. The molecule has 2 aromatic carbocycles. The molecule has 1 aliphatic rings. The highest BCUT2D eigenvalue weighted by Gasteiger charge is 2.34. The highest BCUT2D eigenvalue weighted by Crippen LogP contribution is 2.23. The number of ether oxygens (including phenoxy) is 1. The van der Waals surface area contributed by atoms with Crippen molar-refractivity contribution in [2.75, 3.05) is 13.2 Å². The van der Waals surface area contributed by atoms with E-state index in [1.165, 1.54) is 4.90 Å². The van der Waals surface area contributed by atoms with Crippen molar-refractivity contribution in [3.63, 3.8) is 0 Å². The van der Waals surface area contributed by atoms with Crippen LogP contribution in [0.15, 0.2) is 46.9 Å². The van der Waals surface area contributed by atoms with E-state index in [0.717, 1.165) is 10.8 Å². The molecule has 0 saturated heterocycles. The molecule has 0 atom stereocenters. The number of halogens is 1. The lowest BCUT2D eigenvalue weighted by molar-refractivity contribution is 0.0649. The van der Waals surface area contributed by atoms with Crippen molar-refractivity contribution < 1.29 is 19.1 Å². The second-order valence-electron chi connectivity index (χ2n) is 5.66. The van der Waals surface area contributed by atoms with Gasteiger partial charge in [0, 0.05) is 11.0 Å². The molecule has 0 spiro atoms. The predicted octanol–water partition coefficient (Wildman–Crippen LogP) is 3.72. The van der Waals surface area contributed by atoms with Crippen LogP contribution in [-0.4, -0.2) is 36.2 Å². The van der Waals surface area contributed by atoms with Gasteiger partial charge in [-0.2, -0.15) is 0 Å². The Bertz CT molecular complexity index is 799. The molecule has 25 heavy (non-hydrogen) atoms. The fourth-order valence-corrected chi connectivity index (χ4v) is 3.12. The van der Waals surface area contributed by atoms with Gasteiger partial charge in [-0.15, -0.1) is 0 Å². The third-order valence-electron chi connectivity index (χ3n) is 4.01. The Hall–Kier alpha value is -2.47. The first-order valence-electron chi connectivity index (χ1n) is 7.94. The van der Waals surface area contributed by atoms with E-state index in [0.29, 0.717) is 48.4 Å². The average molecular weight is 402 g/mol. The summed E-state index contributed by atoms with van der Waals surface area (Å²) >= 11 is 3.31. The second kappa shape index (κ2) is 7.61. The van der Waals surface area contributed by atoms with Gasteiger partial charge in [-0.3, -0.25) is 19.3 Å². The lowest BCUT2D eigenvalue weighted by Crippen LogP contribution is -2.30. The number of imide groups is 1. The van der Waals surface area contributed by atoms with Crippen LogP contribution < -0.4 is 4.74 Å². The van der Waals surface area contributed by atoms with Crippen LogP contribution in [0, 0.1) is 0 Å². The number of fused-ring (bicyclic) bond motifs is 1. The van der Waals surface area contributed by atoms with Gasteiger partial charge in [0.05, 0.1) is 23.3 Å². The average Bonchev–Trinajstić information content (AvgIpc) is 2.87. The van der Waals surface area contributed by atoms with E-state index in [-0.39, 0.29) is 11.8 Å². The number of nitrogens with zero attached hydrogens (tertiary/aromatic N) is 1. The second-order valence-corrected chi connectivity index (χ2v) is 6.58. The number of rotatable bonds is 7. The third-order valence-corrected chi connectivity index (χ3v) is 4.50. The van der Waals surface area contributed by atoms with Crippen LogP contribution in [0.3, 0.4) is 0 Å². The fraction of sp³-hybridized carbons (Fsp3) is 0.211. The van der Waals surface area contributed by atoms with Gasteiger partial charge in [-0.05, 0) is 43.2 Å². The van der Waals surface area contributed by atoms with Crippen LogP contribution in [0.2, 0.25) is 0 Å². The first kappa shape index (κ1) is 17.4. The molecular weight excluding hydrogens is 386 g/mol. The molecule has 0 unspecified atom stereocenters. The van der Waals surface area contributed by atoms with Crippen molar-refractivity contribution in [2.24, 2.45) is 0 Å². The first-order chi connectivity index (χ1) is 12.1. The summed E-state index contributed by atoms with van der Waals surface area (Å²) < 4.78 is 6.44. The van der Waals surface area contributed by atoms with E-state index in [2.05, 4.69) is 15.9 Å². The highest BCUT2D eigenvalue weighted by molar-refractivity contribution is 9.10. The topological polar surface area (TPSA) is 63.7 Å². The predicted molar refractivity (Wildman–Crippen MR) is 96.1 cm³/mol. The van der Waals surface area contributed by atoms with Gasteiger partial charge in [0.1, 0.15) is 5.75 Å². The van der Waals surface area contributed by atoms with E-state index >= 15 is 0 Å². The van der Waals surface area contributed by atoms with Gasteiger partial charge >= 0.3 is 0 Å². The maximum Gasteiger partial charge on any atom is 0.261 e. The minimum absolute atomic E-state index is 0.238. The Kier molecular flexibility index (Phi) is 5.28. The molecule has 3 rings (SSSR count). The van der Waals surface area contributed by atoms with Crippen LogP contribution in [-0.2, 0) is 0 Å². The van der Waals surface area contributed by atoms with E-state index in [1.54, 1.807) is 42.5 Å². The zero-order valence-corrected chi connectivity index (χ0v) is 15.0. The Morgan fingerprint density at radius 3 is 2.32 bits per heavy atom. The van der Waals surface area contributed by atoms with Crippen molar-refractivity contribution in [1.82, 2.24) is 4.90 Å². The van der Waals surface area contributed by atoms with Crippen molar-refractivity contribution in [3.8, 4) is 5.75 Å². The molecule has 0 aromatic heterocycles. The SMILES string of the molecule is O=Cc1cc(Br)ccc1OCCCCN1C(=O)c2ccccc2C1=O. The lowest BCUT2D eigenvalue weighted by Gasteiger charge is -2.14. The summed E-state index contributed by atoms with van der Waals surface area (Å²) in [4.78, 5) is 36.8. The molecule has 0 aliphatic carbocycles. The quantitative estimate of drug-likeness (QED) is 0.402. The molecule has 0 fully saturated rings. The summed E-state index contributed by atoms with van der Waals surface area (Å²) in [6.07, 6.45) is 2.05. The van der Waals surface area contributed by atoms with Crippen molar-refractivity contribution in [1.29, 1.82) is 0 Å². The number of amides is 2. The molecule has 5 nitrogen and oxygen atoms in total. The molecule has 1 aliphatic heterocycles. The number of carbonyl (C=O) groups excluding carboxylic acids is 3. The van der Waals surface area contributed by atoms with Crippen LogP contribution in [0.1, 0.15) is 43.9 Å². The number of carbonyl (C=O) groups is 3. The van der Waals surface area contributed by atoms with Crippen LogP contribution in [0.4, 0.5) is 0 Å². The van der Waals surface area contributed by atoms with Crippen molar-refractivity contribution in [2.45, 2.75) is 12.8 Å². The third kappa shape index (κ3) is 3.64. The number of hydrogen-bond acceptors (Lipinski definition) is 4. The molecule has 1 heterocycles. The van der Waals surface area contributed by atoms with E-state index in [4.69, 9.17) is 4.74 Å². The molecule has 0 N–H and O–H groups in total. The fourth-order valence-electron chi connectivity index (χ4n) is 2.74. The van der Waals surface area contributed by atoms with Gasteiger partial charge in [-0.25, -0.2) is 0 Å². The Balaban J connectivity index is 1.49. The maximum atomic E-state index is 12.2. The highest BCUT2D eigenvalue weighted by atomic mass is 79.9. The van der Waals surface area contributed by atoms with Gasteiger partial charge in [0.2, 0.25) is 0 Å². The summed E-state index contributed by atoms with van der Waals surface area (Å²) in [5.74, 6) is 0.0502. The first-order valence-corrected chi connectivity index (χ1v) is 8.74. The molecule has 2 aromatic rings. The minimum atomic E-state index is -0.238. The normalized spacial score (nSPS) is 13.1. The number of unbranched alkanes of at least 4 members (excludes halogenated alkanes) is 1. The van der Waals surface area contributed by atoms with Crippen LogP contribution >= 0.6 is 15.9 Å². The van der Waals surface area contributed by atoms with Crippen molar-refractivity contribution in [3.05, 3.63) is 63.6 Å². The van der Waals surface area contributed by atoms with E-state index in [1.807, 2.05) is 0 Å². The summed E-state index contributed by atoms with van der Waals surface area (Å²) in [5, 5.41) is 0. The Labute approximate surface area is 153 Å². The number of benzene rings is 2. The largest absolute Gasteiger partial charge is 0.493 e. The van der Waals surface area contributed by atoms with Gasteiger partial charge in [0.15, 0.2) is 6.29 Å². The van der Waals surface area contributed by atoms with E-state index in [9.17, 15) is 14.4 Å². The van der Waals surface area contributed by atoms with E-state index < -0.39 is 0 Å². The summed E-state index contributed by atoms with van der Waals surface area (Å²) in [5.41, 5.74) is 1.41. The zero-order chi connectivity index (χ0) is 17.8. The summed E-state index contributed by atoms with van der Waals surface area (Å²) in [7, 11) is 0. The van der Waals surface area contributed by atoms with Gasteiger partial charge < -0.3 is 4.74 Å². The smallest absolute Gasteiger partial charge is 0.261 e. The van der Waals surface area contributed by atoms with Crippen LogP contribution in [0.5, 0.6) is 5.75 Å². The molecular formula is C19H16BrNO4. The van der Waals surface area contributed by atoms with Crippen LogP contribution in [0.25, 0.3) is 0 Å². The summed E-state index contributed by atoms with van der Waals surface area (Å²) in [6, 6.07) is 12.1. The zero-order valence-electron chi connectivity index (χ0n) is 13.4. The number of hydrogen-bond donors (Lipinski definition) is 0. The molecule has 0 radical (unpaired) electrons. The van der Waals surface area contributed by atoms with Crippen molar-refractivity contribution >= 4 is 34.0 Å². The standard InChI is InChI=1S/C19H16BrNO4/c20-14-7-8-17(13(11-14)12-22)25-10-4-3-9-21-18(23)15-5-1-2-6-16(15)19(21)24/h1-2,5-8,11-12H,3-4,9-10H2. The molecule has 6 heteroatoms. The number of aldehydes is 1.